The second kappa shape index (κ2) is 9.30. The highest BCUT2D eigenvalue weighted by Gasteiger charge is 2.42. The number of hydrogen-bond acceptors (Lipinski definition) is 5. The van der Waals surface area contributed by atoms with E-state index in [0.29, 0.717) is 17.9 Å². The SMILES string of the molecule is O=C1CC(N2CC=C(c3ccccc3)CC2)C(=O)N1c1ccc(N=Nc2ccccc2)cc1. The lowest BCUT2D eigenvalue weighted by atomic mass is 9.98. The Morgan fingerprint density at radius 2 is 1.39 bits per heavy atom. The molecule has 1 saturated heterocycles. The molecule has 2 heterocycles. The van der Waals surface area contributed by atoms with Crippen LogP contribution in [0.3, 0.4) is 0 Å². The zero-order chi connectivity index (χ0) is 22.6. The van der Waals surface area contributed by atoms with Crippen LogP contribution in [-0.4, -0.2) is 35.8 Å². The number of carbonyl (C=O) groups excluding carboxylic acids is 2. The molecular weight excluding hydrogens is 412 g/mol. The van der Waals surface area contributed by atoms with E-state index in [1.54, 1.807) is 24.3 Å². The first-order valence-electron chi connectivity index (χ1n) is 11.1. The normalized spacial score (nSPS) is 19.3. The molecule has 0 bridgehead atoms. The quantitative estimate of drug-likeness (QED) is 0.391. The van der Waals surface area contributed by atoms with Gasteiger partial charge in [-0.3, -0.25) is 14.5 Å². The molecule has 0 radical (unpaired) electrons. The van der Waals surface area contributed by atoms with Gasteiger partial charge < -0.3 is 0 Å². The van der Waals surface area contributed by atoms with Crippen LogP contribution in [0.5, 0.6) is 0 Å². The third-order valence-electron chi connectivity index (χ3n) is 6.09. The average molecular weight is 437 g/mol. The van der Waals surface area contributed by atoms with Gasteiger partial charge in [-0.15, -0.1) is 0 Å². The fourth-order valence-electron chi connectivity index (χ4n) is 4.33. The van der Waals surface area contributed by atoms with Crippen LogP contribution in [-0.2, 0) is 9.59 Å². The Labute approximate surface area is 192 Å². The third-order valence-corrected chi connectivity index (χ3v) is 6.09. The summed E-state index contributed by atoms with van der Waals surface area (Å²) in [6, 6.07) is 26.4. The van der Waals surface area contributed by atoms with Crippen molar-refractivity contribution in [3.63, 3.8) is 0 Å². The van der Waals surface area contributed by atoms with Crippen molar-refractivity contribution in [2.24, 2.45) is 10.2 Å². The molecule has 0 saturated carbocycles. The van der Waals surface area contributed by atoms with Gasteiger partial charge in [0.15, 0.2) is 0 Å². The van der Waals surface area contributed by atoms with Crippen molar-refractivity contribution in [2.75, 3.05) is 18.0 Å². The zero-order valence-corrected chi connectivity index (χ0v) is 18.2. The van der Waals surface area contributed by atoms with E-state index in [2.05, 4.69) is 33.3 Å². The minimum Gasteiger partial charge on any atom is -0.287 e. The lowest BCUT2D eigenvalue weighted by molar-refractivity contribution is -0.122. The first-order valence-corrected chi connectivity index (χ1v) is 11.1. The van der Waals surface area contributed by atoms with Crippen LogP contribution < -0.4 is 4.90 Å². The smallest absolute Gasteiger partial charge is 0.251 e. The van der Waals surface area contributed by atoms with Crippen LogP contribution in [0.15, 0.2) is 101 Å². The van der Waals surface area contributed by atoms with E-state index in [4.69, 9.17) is 0 Å². The summed E-state index contributed by atoms with van der Waals surface area (Å²) in [6.45, 7) is 1.43. The molecular formula is C27H24N4O2. The minimum atomic E-state index is -0.413. The summed E-state index contributed by atoms with van der Waals surface area (Å²) >= 11 is 0. The fourth-order valence-corrected chi connectivity index (χ4v) is 4.33. The largest absolute Gasteiger partial charge is 0.287 e. The van der Waals surface area contributed by atoms with Gasteiger partial charge in [0.25, 0.3) is 5.91 Å². The average Bonchev–Trinajstić information content (AvgIpc) is 3.18. The molecule has 0 N–H and O–H groups in total. The second-order valence-electron chi connectivity index (χ2n) is 8.18. The van der Waals surface area contributed by atoms with Gasteiger partial charge in [-0.25, -0.2) is 4.90 Å². The Balaban J connectivity index is 1.26. The van der Waals surface area contributed by atoms with Crippen molar-refractivity contribution in [1.82, 2.24) is 4.90 Å². The number of hydrogen-bond donors (Lipinski definition) is 0. The lowest BCUT2D eigenvalue weighted by Gasteiger charge is -2.30. The molecule has 0 spiro atoms. The number of azo groups is 1. The zero-order valence-electron chi connectivity index (χ0n) is 18.2. The van der Waals surface area contributed by atoms with E-state index in [1.165, 1.54) is 16.0 Å². The highest BCUT2D eigenvalue weighted by Crippen LogP contribution is 2.30. The molecule has 1 unspecified atom stereocenters. The van der Waals surface area contributed by atoms with Crippen molar-refractivity contribution >= 4 is 34.4 Å². The molecule has 2 amide bonds. The number of rotatable bonds is 5. The van der Waals surface area contributed by atoms with Crippen molar-refractivity contribution in [3.05, 3.63) is 96.6 Å². The molecule has 1 atom stereocenters. The predicted octanol–water partition coefficient (Wildman–Crippen LogP) is 5.52. The maximum absolute atomic E-state index is 13.2. The van der Waals surface area contributed by atoms with Gasteiger partial charge in [-0.1, -0.05) is 54.6 Å². The topological polar surface area (TPSA) is 65.3 Å². The van der Waals surface area contributed by atoms with Gasteiger partial charge in [0, 0.05) is 13.1 Å². The molecule has 1 fully saturated rings. The summed E-state index contributed by atoms with van der Waals surface area (Å²) in [4.78, 5) is 29.3. The highest BCUT2D eigenvalue weighted by molar-refractivity contribution is 6.22. The Hall–Kier alpha value is -3.90. The van der Waals surface area contributed by atoms with E-state index in [0.717, 1.165) is 18.7 Å². The van der Waals surface area contributed by atoms with Crippen LogP contribution >= 0.6 is 0 Å². The summed E-state index contributed by atoms with van der Waals surface area (Å²) in [5, 5.41) is 8.42. The van der Waals surface area contributed by atoms with Crippen LogP contribution in [0, 0.1) is 0 Å². The lowest BCUT2D eigenvalue weighted by Crippen LogP contribution is -2.44. The van der Waals surface area contributed by atoms with Crippen molar-refractivity contribution in [2.45, 2.75) is 18.9 Å². The van der Waals surface area contributed by atoms with Gasteiger partial charge in [0.1, 0.15) is 0 Å². The van der Waals surface area contributed by atoms with E-state index < -0.39 is 6.04 Å². The van der Waals surface area contributed by atoms with Crippen LogP contribution in [0.25, 0.3) is 5.57 Å². The van der Waals surface area contributed by atoms with Crippen molar-refractivity contribution in [3.8, 4) is 0 Å². The standard InChI is InChI=1S/C27H24N4O2/c32-26-19-25(30-17-15-21(16-18-30)20-7-3-1-4-8-20)27(33)31(26)24-13-11-23(12-14-24)29-28-22-9-5-2-6-10-22/h1-15,25H,16-19H2. The number of anilines is 1. The second-order valence-corrected chi connectivity index (χ2v) is 8.18. The summed E-state index contributed by atoms with van der Waals surface area (Å²) in [6.07, 6.45) is 3.25. The van der Waals surface area contributed by atoms with E-state index >= 15 is 0 Å². The molecule has 2 aliphatic heterocycles. The molecule has 2 aliphatic rings. The van der Waals surface area contributed by atoms with Crippen LogP contribution in [0.1, 0.15) is 18.4 Å². The first-order chi connectivity index (χ1) is 16.2. The number of imide groups is 1. The predicted molar refractivity (Wildman–Crippen MR) is 129 cm³/mol. The Morgan fingerprint density at radius 1 is 0.758 bits per heavy atom. The summed E-state index contributed by atoms with van der Waals surface area (Å²) in [7, 11) is 0. The van der Waals surface area contributed by atoms with E-state index in [1.807, 2.05) is 48.5 Å². The molecule has 3 aromatic carbocycles. The van der Waals surface area contributed by atoms with Gasteiger partial charge >= 0.3 is 0 Å². The Kier molecular flexibility index (Phi) is 5.91. The van der Waals surface area contributed by atoms with Gasteiger partial charge in [-0.2, -0.15) is 10.2 Å². The number of amides is 2. The fraction of sp³-hybridized carbons (Fsp3) is 0.185. The summed E-state index contributed by atoms with van der Waals surface area (Å²) in [5.74, 6) is -0.322. The number of carbonyl (C=O) groups is 2. The van der Waals surface area contributed by atoms with Gasteiger partial charge in [0.05, 0.1) is 29.5 Å². The maximum Gasteiger partial charge on any atom is 0.251 e. The highest BCUT2D eigenvalue weighted by atomic mass is 16.2. The molecule has 0 aromatic heterocycles. The number of benzene rings is 3. The molecule has 6 nitrogen and oxygen atoms in total. The van der Waals surface area contributed by atoms with Gasteiger partial charge in [-0.05, 0) is 54.0 Å². The molecule has 33 heavy (non-hydrogen) atoms. The Morgan fingerprint density at radius 3 is 2.03 bits per heavy atom. The van der Waals surface area contributed by atoms with Crippen molar-refractivity contribution < 1.29 is 9.59 Å². The summed E-state index contributed by atoms with van der Waals surface area (Å²) in [5.41, 5.74) is 4.51. The third kappa shape index (κ3) is 4.52. The van der Waals surface area contributed by atoms with Crippen LogP contribution in [0.4, 0.5) is 17.1 Å². The van der Waals surface area contributed by atoms with Crippen LogP contribution in [0.2, 0.25) is 0 Å². The minimum absolute atomic E-state index is 0.157. The maximum atomic E-state index is 13.2. The van der Waals surface area contributed by atoms with Gasteiger partial charge in [0.2, 0.25) is 5.91 Å². The molecule has 6 heteroatoms. The Bertz CT molecular complexity index is 1200. The summed E-state index contributed by atoms with van der Waals surface area (Å²) < 4.78 is 0. The van der Waals surface area contributed by atoms with E-state index in [-0.39, 0.29) is 18.2 Å². The first kappa shape index (κ1) is 21.0. The monoisotopic (exact) mass is 436 g/mol. The molecule has 164 valence electrons. The van der Waals surface area contributed by atoms with Crippen molar-refractivity contribution in [1.29, 1.82) is 0 Å². The molecule has 3 aromatic rings. The molecule has 0 aliphatic carbocycles. The van der Waals surface area contributed by atoms with E-state index in [9.17, 15) is 9.59 Å². The number of nitrogens with zero attached hydrogens (tertiary/aromatic N) is 4. The molecule has 5 rings (SSSR count).